The van der Waals surface area contributed by atoms with Crippen LogP contribution >= 0.6 is 11.8 Å². The average Bonchev–Trinajstić information content (AvgIpc) is 3.04. The lowest BCUT2D eigenvalue weighted by molar-refractivity contribution is -0.384. The Kier molecular flexibility index (Phi) is 6.76. The van der Waals surface area contributed by atoms with Gasteiger partial charge in [-0.2, -0.15) is 0 Å². The Hall–Kier alpha value is -2.88. The van der Waals surface area contributed by atoms with Crippen LogP contribution in [0.1, 0.15) is 32.3 Å². The first-order valence-corrected chi connectivity index (χ1v) is 10.7. The molecule has 0 unspecified atom stereocenters. The number of nitro benzene ring substituents is 1. The van der Waals surface area contributed by atoms with Gasteiger partial charge >= 0.3 is 5.97 Å². The van der Waals surface area contributed by atoms with Crippen molar-refractivity contribution < 1.29 is 24.0 Å². The van der Waals surface area contributed by atoms with Crippen molar-refractivity contribution in [1.82, 2.24) is 10.2 Å². The number of esters is 1. The number of carbonyl (C=O) groups excluding carboxylic acids is 3. The number of amides is 2. The Balaban J connectivity index is 1.68. The maximum absolute atomic E-state index is 12.8. The lowest BCUT2D eigenvalue weighted by Gasteiger charge is -2.43. The highest BCUT2D eigenvalue weighted by Crippen LogP contribution is 2.47. The Labute approximate surface area is 178 Å². The molecule has 0 bridgehead atoms. The van der Waals surface area contributed by atoms with Crippen LogP contribution in [0.5, 0.6) is 0 Å². The molecule has 2 amide bonds. The molecular formula is C20H23N3O6S. The molecule has 1 aromatic rings. The van der Waals surface area contributed by atoms with Crippen molar-refractivity contribution in [3.05, 3.63) is 50.5 Å². The molecular weight excluding hydrogens is 410 g/mol. The van der Waals surface area contributed by atoms with Gasteiger partial charge in [0.2, 0.25) is 11.8 Å². The number of nitrogens with one attached hydrogen (secondary N) is 1. The molecule has 30 heavy (non-hydrogen) atoms. The SMILES string of the molecule is CC[C@@H]1C(=O)N2C(C(=O)OCc3ccc([N+](=O)[O-])cc3)=C(SCCNC(C)=O)C[C@@H]12. The molecule has 1 aromatic carbocycles. The van der Waals surface area contributed by atoms with E-state index in [1.807, 2.05) is 6.92 Å². The summed E-state index contributed by atoms with van der Waals surface area (Å²) in [6.45, 7) is 3.81. The van der Waals surface area contributed by atoms with Gasteiger partial charge in [-0.05, 0) is 24.1 Å². The van der Waals surface area contributed by atoms with Crippen molar-refractivity contribution in [2.45, 2.75) is 39.3 Å². The summed E-state index contributed by atoms with van der Waals surface area (Å²) in [7, 11) is 0. The van der Waals surface area contributed by atoms with Crippen molar-refractivity contribution in [1.29, 1.82) is 0 Å². The summed E-state index contributed by atoms with van der Waals surface area (Å²) < 4.78 is 5.41. The molecule has 0 radical (unpaired) electrons. The summed E-state index contributed by atoms with van der Waals surface area (Å²) in [4.78, 5) is 48.9. The van der Waals surface area contributed by atoms with Gasteiger partial charge in [0.1, 0.15) is 12.3 Å². The van der Waals surface area contributed by atoms with Gasteiger partial charge in [0.15, 0.2) is 0 Å². The second-order valence-corrected chi connectivity index (χ2v) is 8.29. The van der Waals surface area contributed by atoms with Crippen LogP contribution < -0.4 is 5.32 Å². The largest absolute Gasteiger partial charge is 0.456 e. The molecule has 0 spiro atoms. The number of non-ortho nitro benzene ring substituents is 1. The van der Waals surface area contributed by atoms with Crippen LogP contribution in [0.3, 0.4) is 0 Å². The number of hydrogen-bond donors (Lipinski definition) is 1. The fourth-order valence-electron chi connectivity index (χ4n) is 3.65. The van der Waals surface area contributed by atoms with Crippen molar-refractivity contribution in [2.24, 2.45) is 5.92 Å². The van der Waals surface area contributed by atoms with Crippen molar-refractivity contribution in [3.8, 4) is 0 Å². The van der Waals surface area contributed by atoms with Crippen molar-refractivity contribution in [3.63, 3.8) is 0 Å². The van der Waals surface area contributed by atoms with E-state index >= 15 is 0 Å². The quantitative estimate of drug-likeness (QED) is 0.209. The maximum atomic E-state index is 12.8. The zero-order chi connectivity index (χ0) is 21.8. The minimum absolute atomic E-state index is 0.0207. The zero-order valence-corrected chi connectivity index (χ0v) is 17.6. The van der Waals surface area contributed by atoms with E-state index in [1.54, 1.807) is 0 Å². The molecule has 9 nitrogen and oxygen atoms in total. The highest BCUT2D eigenvalue weighted by molar-refractivity contribution is 8.03. The topological polar surface area (TPSA) is 119 Å². The van der Waals surface area contributed by atoms with Crippen LogP contribution in [0.2, 0.25) is 0 Å². The Bertz CT molecular complexity index is 898. The number of hydrogen-bond acceptors (Lipinski definition) is 7. The number of fused-ring (bicyclic) bond motifs is 1. The van der Waals surface area contributed by atoms with E-state index < -0.39 is 10.9 Å². The summed E-state index contributed by atoms with van der Waals surface area (Å²) >= 11 is 1.45. The molecule has 0 saturated carbocycles. The van der Waals surface area contributed by atoms with Crippen LogP contribution in [0.25, 0.3) is 0 Å². The number of ether oxygens (including phenoxy) is 1. The van der Waals surface area contributed by atoms with Gasteiger partial charge in [-0.3, -0.25) is 19.7 Å². The predicted molar refractivity (Wildman–Crippen MR) is 110 cm³/mol. The molecule has 1 saturated heterocycles. The second-order valence-electron chi connectivity index (χ2n) is 7.10. The monoisotopic (exact) mass is 433 g/mol. The Morgan fingerprint density at radius 3 is 2.63 bits per heavy atom. The first-order valence-electron chi connectivity index (χ1n) is 9.67. The standard InChI is InChI=1S/C20H23N3O6S/c1-3-15-16-10-17(30-9-8-21-12(2)24)18(22(16)19(15)25)20(26)29-11-13-4-6-14(7-5-13)23(27)28/h4-7,15-16H,3,8-11H2,1-2H3,(H,21,24)/t15-,16-/m0/s1. The molecule has 10 heteroatoms. The molecule has 0 aliphatic carbocycles. The summed E-state index contributed by atoms with van der Waals surface area (Å²) in [6.07, 6.45) is 1.33. The Morgan fingerprint density at radius 1 is 1.33 bits per heavy atom. The summed E-state index contributed by atoms with van der Waals surface area (Å²) in [6, 6.07) is 5.74. The number of thioether (sulfide) groups is 1. The van der Waals surface area contributed by atoms with Crippen LogP contribution in [0.15, 0.2) is 34.9 Å². The van der Waals surface area contributed by atoms with Gasteiger partial charge in [-0.1, -0.05) is 6.92 Å². The summed E-state index contributed by atoms with van der Waals surface area (Å²) in [5.41, 5.74) is 0.857. The van der Waals surface area contributed by atoms with Crippen LogP contribution in [-0.4, -0.2) is 45.9 Å². The molecule has 1 fully saturated rings. The van der Waals surface area contributed by atoms with Crippen molar-refractivity contribution in [2.75, 3.05) is 12.3 Å². The second kappa shape index (κ2) is 9.29. The van der Waals surface area contributed by atoms with E-state index in [4.69, 9.17) is 4.74 Å². The number of nitro groups is 1. The fourth-order valence-corrected chi connectivity index (χ4v) is 4.71. The van der Waals surface area contributed by atoms with E-state index in [1.165, 1.54) is 47.9 Å². The van der Waals surface area contributed by atoms with Gasteiger partial charge in [-0.15, -0.1) is 11.8 Å². The zero-order valence-electron chi connectivity index (χ0n) is 16.8. The van der Waals surface area contributed by atoms with E-state index in [0.717, 1.165) is 11.3 Å². The van der Waals surface area contributed by atoms with Gasteiger partial charge < -0.3 is 15.0 Å². The van der Waals surface area contributed by atoms with E-state index in [9.17, 15) is 24.5 Å². The average molecular weight is 433 g/mol. The molecule has 0 aromatic heterocycles. The third-order valence-electron chi connectivity index (χ3n) is 5.15. The molecule has 2 heterocycles. The number of rotatable bonds is 9. The smallest absolute Gasteiger partial charge is 0.356 e. The lowest BCUT2D eigenvalue weighted by Crippen LogP contribution is -2.58. The highest BCUT2D eigenvalue weighted by Gasteiger charge is 2.54. The third kappa shape index (κ3) is 4.48. The van der Waals surface area contributed by atoms with E-state index in [2.05, 4.69) is 5.32 Å². The number of benzene rings is 1. The fraction of sp³-hybridized carbons (Fsp3) is 0.450. The van der Waals surface area contributed by atoms with Gasteiger partial charge in [0.05, 0.1) is 16.9 Å². The number of β-lactam (4-membered cyclic amide) rings is 1. The molecule has 3 rings (SSSR count). The Morgan fingerprint density at radius 2 is 2.03 bits per heavy atom. The van der Waals surface area contributed by atoms with Crippen LogP contribution in [0.4, 0.5) is 5.69 Å². The van der Waals surface area contributed by atoms with Gasteiger partial charge in [-0.25, -0.2) is 4.79 Å². The molecule has 2 atom stereocenters. The number of carbonyl (C=O) groups is 3. The van der Waals surface area contributed by atoms with Gasteiger partial charge in [0, 0.05) is 42.7 Å². The van der Waals surface area contributed by atoms with Crippen LogP contribution in [0, 0.1) is 16.0 Å². The minimum Gasteiger partial charge on any atom is -0.456 e. The van der Waals surface area contributed by atoms with E-state index in [0.29, 0.717) is 24.3 Å². The predicted octanol–water partition coefficient (Wildman–Crippen LogP) is 2.36. The number of nitrogens with zero attached hydrogens (tertiary/aromatic N) is 2. The highest BCUT2D eigenvalue weighted by atomic mass is 32.2. The molecule has 160 valence electrons. The lowest BCUT2D eigenvalue weighted by atomic mass is 9.85. The maximum Gasteiger partial charge on any atom is 0.356 e. The molecule has 1 N–H and O–H groups in total. The van der Waals surface area contributed by atoms with Crippen molar-refractivity contribution >= 4 is 35.2 Å². The minimum atomic E-state index is -0.583. The first kappa shape index (κ1) is 21.8. The third-order valence-corrected chi connectivity index (χ3v) is 6.27. The summed E-state index contributed by atoms with van der Waals surface area (Å²) in [5.74, 6) is -0.276. The normalized spacial score (nSPS) is 19.9. The molecule has 2 aliphatic rings. The summed E-state index contributed by atoms with van der Waals surface area (Å²) in [5, 5.41) is 13.5. The van der Waals surface area contributed by atoms with E-state index in [-0.39, 0.29) is 41.8 Å². The van der Waals surface area contributed by atoms with Crippen LogP contribution in [-0.2, 0) is 25.7 Å². The van der Waals surface area contributed by atoms with Gasteiger partial charge in [0.25, 0.3) is 5.69 Å². The first-order chi connectivity index (χ1) is 14.3. The molecule has 2 aliphatic heterocycles.